The van der Waals surface area contributed by atoms with Crippen molar-refractivity contribution in [1.29, 1.82) is 0 Å². The zero-order valence-electron chi connectivity index (χ0n) is 13.8. The minimum Gasteiger partial charge on any atom is -0.478 e. The first kappa shape index (κ1) is 17.2. The van der Waals surface area contributed by atoms with E-state index in [1.165, 1.54) is 17.4 Å². The van der Waals surface area contributed by atoms with E-state index >= 15 is 0 Å². The third kappa shape index (κ3) is 3.30. The summed E-state index contributed by atoms with van der Waals surface area (Å²) in [6, 6.07) is 4.94. The molecule has 0 aromatic carbocycles. The van der Waals surface area contributed by atoms with Crippen molar-refractivity contribution in [1.82, 2.24) is 10.2 Å². The van der Waals surface area contributed by atoms with Crippen molar-refractivity contribution in [3.05, 3.63) is 45.5 Å². The van der Waals surface area contributed by atoms with Gasteiger partial charge in [-0.1, -0.05) is 6.07 Å². The topological polar surface area (TPSA) is 99.9 Å². The molecule has 3 rings (SSSR count). The van der Waals surface area contributed by atoms with Crippen LogP contribution >= 0.6 is 11.3 Å². The second-order valence-corrected chi connectivity index (χ2v) is 6.96. The Balaban J connectivity index is 1.71. The predicted octanol–water partition coefficient (Wildman–Crippen LogP) is 2.18. The van der Waals surface area contributed by atoms with Gasteiger partial charge in [0.05, 0.1) is 18.5 Å². The zero-order chi connectivity index (χ0) is 18.1. The van der Waals surface area contributed by atoms with Crippen LogP contribution in [0.5, 0.6) is 0 Å². The second-order valence-electron chi connectivity index (χ2n) is 5.98. The smallest absolute Gasteiger partial charge is 0.339 e. The van der Waals surface area contributed by atoms with Crippen LogP contribution in [-0.4, -0.2) is 34.8 Å². The van der Waals surface area contributed by atoms with Crippen LogP contribution in [-0.2, 0) is 16.1 Å². The number of furan rings is 1. The van der Waals surface area contributed by atoms with Gasteiger partial charge in [0, 0.05) is 18.3 Å². The molecule has 132 valence electrons. The fourth-order valence-corrected chi connectivity index (χ4v) is 4.04. The number of carboxylic acids is 1. The lowest BCUT2D eigenvalue weighted by Crippen LogP contribution is -2.33. The number of aryl methyl sites for hydroxylation is 1. The molecule has 3 heterocycles. The molecule has 7 nitrogen and oxygen atoms in total. The number of rotatable bonds is 5. The minimum absolute atomic E-state index is 0.0689. The van der Waals surface area contributed by atoms with Gasteiger partial charge in [0.1, 0.15) is 17.1 Å². The molecule has 0 aliphatic carbocycles. The van der Waals surface area contributed by atoms with Crippen LogP contribution in [0.15, 0.2) is 28.0 Å². The second kappa shape index (κ2) is 6.72. The summed E-state index contributed by atoms with van der Waals surface area (Å²) in [5, 5.41) is 13.7. The number of hydrogen-bond donors (Lipinski definition) is 2. The van der Waals surface area contributed by atoms with Gasteiger partial charge in [-0.25, -0.2) is 4.79 Å². The van der Waals surface area contributed by atoms with Crippen molar-refractivity contribution in [3.8, 4) is 0 Å². The molecule has 1 aliphatic rings. The van der Waals surface area contributed by atoms with Gasteiger partial charge in [-0.15, -0.1) is 11.3 Å². The number of nitrogens with zero attached hydrogens (tertiary/aromatic N) is 1. The Morgan fingerprint density at radius 2 is 2.24 bits per heavy atom. The lowest BCUT2D eigenvalue weighted by molar-refractivity contribution is -0.128. The Labute approximate surface area is 148 Å². The van der Waals surface area contributed by atoms with Gasteiger partial charge in [0.15, 0.2) is 0 Å². The molecule has 8 heteroatoms. The van der Waals surface area contributed by atoms with E-state index in [0.29, 0.717) is 11.5 Å². The van der Waals surface area contributed by atoms with E-state index in [1.807, 2.05) is 17.5 Å². The highest BCUT2D eigenvalue weighted by Gasteiger charge is 2.43. The van der Waals surface area contributed by atoms with Crippen molar-refractivity contribution in [2.75, 3.05) is 7.05 Å². The number of aromatic carboxylic acids is 1. The molecule has 0 unspecified atom stereocenters. The van der Waals surface area contributed by atoms with E-state index in [-0.39, 0.29) is 36.4 Å². The van der Waals surface area contributed by atoms with Crippen LogP contribution in [0, 0.1) is 12.8 Å². The molecular weight excluding hydrogens is 344 g/mol. The number of hydrogen-bond acceptors (Lipinski definition) is 5. The number of amides is 2. The van der Waals surface area contributed by atoms with E-state index in [1.54, 1.807) is 18.9 Å². The maximum atomic E-state index is 12.6. The van der Waals surface area contributed by atoms with Crippen LogP contribution in [0.3, 0.4) is 0 Å². The summed E-state index contributed by atoms with van der Waals surface area (Å²) >= 11 is 1.51. The summed E-state index contributed by atoms with van der Waals surface area (Å²) in [6.07, 6.45) is 0.155. The van der Waals surface area contributed by atoms with Crippen molar-refractivity contribution in [2.24, 2.45) is 5.92 Å². The molecule has 2 N–H and O–H groups in total. The number of carbonyl (C=O) groups excluding carboxylic acids is 2. The molecule has 0 bridgehead atoms. The van der Waals surface area contributed by atoms with Gasteiger partial charge in [-0.05, 0) is 24.4 Å². The highest BCUT2D eigenvalue weighted by atomic mass is 32.1. The summed E-state index contributed by atoms with van der Waals surface area (Å²) in [6.45, 7) is 1.64. The largest absolute Gasteiger partial charge is 0.478 e. The number of carbonyl (C=O) groups is 3. The summed E-state index contributed by atoms with van der Waals surface area (Å²) in [7, 11) is 1.70. The molecular formula is C17H18N2O5S. The van der Waals surface area contributed by atoms with E-state index < -0.39 is 11.9 Å². The Bertz CT molecular complexity index is 811. The Morgan fingerprint density at radius 3 is 2.84 bits per heavy atom. The Kier molecular flexibility index (Phi) is 4.63. The average Bonchev–Trinajstić information content (AvgIpc) is 3.26. The maximum absolute atomic E-state index is 12.6. The number of thiophene rings is 1. The first-order valence-electron chi connectivity index (χ1n) is 7.78. The quantitative estimate of drug-likeness (QED) is 0.849. The van der Waals surface area contributed by atoms with Crippen molar-refractivity contribution >= 4 is 29.1 Å². The molecule has 2 aromatic heterocycles. The number of likely N-dealkylation sites (tertiary alicyclic amines) is 1. The van der Waals surface area contributed by atoms with Gasteiger partial charge in [-0.3, -0.25) is 9.59 Å². The molecule has 0 saturated carbocycles. The van der Waals surface area contributed by atoms with E-state index in [9.17, 15) is 14.4 Å². The fraction of sp³-hybridized carbons (Fsp3) is 0.353. The van der Waals surface area contributed by atoms with E-state index in [4.69, 9.17) is 9.52 Å². The standard InChI is InChI=1S/C17H18N2O5S/c1-9-11(17(22)23)6-10(24-9)8-18-16(21)12-7-14(20)19(2)15(12)13-4-3-5-25-13/h3-6,12,15H,7-8H2,1-2H3,(H,18,21)(H,22,23)/t12-,15-/m0/s1. The summed E-state index contributed by atoms with van der Waals surface area (Å²) in [5.74, 6) is -1.20. The number of nitrogens with one attached hydrogen (secondary N) is 1. The van der Waals surface area contributed by atoms with Gasteiger partial charge < -0.3 is 19.7 Å². The molecule has 1 saturated heterocycles. The predicted molar refractivity (Wildman–Crippen MR) is 90.2 cm³/mol. The van der Waals surface area contributed by atoms with Crippen molar-refractivity contribution in [3.63, 3.8) is 0 Å². The van der Waals surface area contributed by atoms with E-state index in [0.717, 1.165) is 4.88 Å². The Morgan fingerprint density at radius 1 is 1.48 bits per heavy atom. The molecule has 2 aromatic rings. The number of carboxylic acid groups (broad SMARTS) is 1. The highest BCUT2D eigenvalue weighted by molar-refractivity contribution is 7.10. The first-order chi connectivity index (χ1) is 11.9. The lowest BCUT2D eigenvalue weighted by Gasteiger charge is -2.23. The van der Waals surface area contributed by atoms with Crippen molar-refractivity contribution < 1.29 is 23.9 Å². The fourth-order valence-electron chi connectivity index (χ4n) is 3.10. The maximum Gasteiger partial charge on any atom is 0.339 e. The summed E-state index contributed by atoms with van der Waals surface area (Å²) < 4.78 is 5.36. The van der Waals surface area contributed by atoms with Crippen molar-refractivity contribution in [2.45, 2.75) is 25.9 Å². The summed E-state index contributed by atoms with van der Waals surface area (Å²) in [5.41, 5.74) is 0.0801. The van der Waals surface area contributed by atoms with Crippen LogP contribution < -0.4 is 5.32 Å². The molecule has 25 heavy (non-hydrogen) atoms. The molecule has 1 fully saturated rings. The average molecular weight is 362 g/mol. The molecule has 1 aliphatic heterocycles. The lowest BCUT2D eigenvalue weighted by atomic mass is 9.98. The van der Waals surface area contributed by atoms with Gasteiger partial charge >= 0.3 is 5.97 Å². The zero-order valence-corrected chi connectivity index (χ0v) is 14.6. The van der Waals surface area contributed by atoms with Crippen LogP contribution in [0.4, 0.5) is 0 Å². The minimum atomic E-state index is -1.07. The van der Waals surface area contributed by atoms with Crippen LogP contribution in [0.1, 0.15) is 39.2 Å². The monoisotopic (exact) mass is 362 g/mol. The third-order valence-electron chi connectivity index (χ3n) is 4.39. The van der Waals surface area contributed by atoms with E-state index in [2.05, 4.69) is 5.32 Å². The molecule has 2 amide bonds. The van der Waals surface area contributed by atoms with Gasteiger partial charge in [-0.2, -0.15) is 0 Å². The molecule has 0 spiro atoms. The highest BCUT2D eigenvalue weighted by Crippen LogP contribution is 2.39. The van der Waals surface area contributed by atoms with Gasteiger partial charge in [0.25, 0.3) is 0 Å². The molecule has 0 radical (unpaired) electrons. The third-order valence-corrected chi connectivity index (χ3v) is 5.34. The summed E-state index contributed by atoms with van der Waals surface area (Å²) in [4.78, 5) is 38.3. The van der Waals surface area contributed by atoms with Crippen LogP contribution in [0.25, 0.3) is 0 Å². The first-order valence-corrected chi connectivity index (χ1v) is 8.66. The SMILES string of the molecule is Cc1oc(CNC(=O)[C@H]2CC(=O)N(C)[C@@H]2c2cccs2)cc1C(=O)O. The normalized spacial score (nSPS) is 20.1. The van der Waals surface area contributed by atoms with Crippen LogP contribution in [0.2, 0.25) is 0 Å². The molecule has 2 atom stereocenters. The van der Waals surface area contributed by atoms with Gasteiger partial charge in [0.2, 0.25) is 11.8 Å². The Hall–Kier alpha value is -2.61.